The van der Waals surface area contributed by atoms with E-state index in [1.165, 1.54) is 4.90 Å². The molecule has 106 valence electrons. The number of amides is 1. The first-order valence-corrected chi connectivity index (χ1v) is 6.91. The molecule has 0 aliphatic carbocycles. The number of rotatable bonds is 2. The minimum Gasteiger partial charge on any atom is -0.492 e. The molecule has 1 aromatic carbocycles. The van der Waals surface area contributed by atoms with Gasteiger partial charge in [0.05, 0.1) is 5.92 Å². The van der Waals surface area contributed by atoms with Crippen LogP contribution in [0.5, 0.6) is 5.75 Å². The van der Waals surface area contributed by atoms with Gasteiger partial charge in [-0.05, 0) is 30.9 Å². The molecule has 20 heavy (non-hydrogen) atoms. The van der Waals surface area contributed by atoms with Gasteiger partial charge in [-0.25, -0.2) is 4.79 Å². The summed E-state index contributed by atoms with van der Waals surface area (Å²) in [6.07, 6.45) is 1.93. The van der Waals surface area contributed by atoms with Crippen LogP contribution in [0.1, 0.15) is 18.4 Å². The third-order valence-corrected chi connectivity index (χ3v) is 4.05. The Labute approximate surface area is 117 Å². The summed E-state index contributed by atoms with van der Waals surface area (Å²) in [6.45, 7) is 0.868. The van der Waals surface area contributed by atoms with Gasteiger partial charge in [-0.2, -0.15) is 0 Å². The number of carboxylic acid groups (broad SMARTS) is 1. The zero-order valence-corrected chi connectivity index (χ0v) is 11.1. The van der Waals surface area contributed by atoms with Crippen LogP contribution in [-0.2, 0) is 16.0 Å². The number of para-hydroxylation sites is 1. The van der Waals surface area contributed by atoms with Crippen LogP contribution in [0.3, 0.4) is 0 Å². The molecule has 1 N–H and O–H groups in total. The Morgan fingerprint density at radius 3 is 2.90 bits per heavy atom. The third-order valence-electron chi connectivity index (χ3n) is 4.05. The highest BCUT2D eigenvalue weighted by molar-refractivity contribution is 5.86. The standard InChI is InChI=1S/C15H17NO4/c17-14(16-7-3-5-12(16)15(18)19)11-8-10-4-1-2-6-13(10)20-9-11/h1-2,4,6,11-12H,3,5,7-9H2,(H,18,19). The maximum absolute atomic E-state index is 12.5. The molecular formula is C15H17NO4. The Balaban J connectivity index is 1.74. The number of ether oxygens (including phenoxy) is 1. The predicted molar refractivity (Wildman–Crippen MR) is 71.5 cm³/mol. The second-order valence-corrected chi connectivity index (χ2v) is 5.35. The number of carbonyl (C=O) groups is 2. The van der Waals surface area contributed by atoms with Gasteiger partial charge in [-0.1, -0.05) is 18.2 Å². The van der Waals surface area contributed by atoms with Crippen molar-refractivity contribution in [1.29, 1.82) is 0 Å². The normalized spacial score (nSPS) is 24.9. The molecule has 2 aliphatic rings. The summed E-state index contributed by atoms with van der Waals surface area (Å²) >= 11 is 0. The minimum absolute atomic E-state index is 0.0931. The van der Waals surface area contributed by atoms with E-state index >= 15 is 0 Å². The largest absolute Gasteiger partial charge is 0.492 e. The van der Waals surface area contributed by atoms with E-state index in [4.69, 9.17) is 9.84 Å². The van der Waals surface area contributed by atoms with Crippen LogP contribution in [-0.4, -0.2) is 41.1 Å². The van der Waals surface area contributed by atoms with Crippen molar-refractivity contribution in [2.45, 2.75) is 25.3 Å². The molecular weight excluding hydrogens is 258 g/mol. The molecule has 2 unspecified atom stereocenters. The summed E-state index contributed by atoms with van der Waals surface area (Å²) in [5.74, 6) is -0.449. The lowest BCUT2D eigenvalue weighted by molar-refractivity contribution is -0.150. The smallest absolute Gasteiger partial charge is 0.326 e. The van der Waals surface area contributed by atoms with Crippen LogP contribution in [0.15, 0.2) is 24.3 Å². The van der Waals surface area contributed by atoms with Crippen molar-refractivity contribution in [3.63, 3.8) is 0 Å². The van der Waals surface area contributed by atoms with Gasteiger partial charge in [0.25, 0.3) is 0 Å². The number of carboxylic acids is 1. The molecule has 5 nitrogen and oxygen atoms in total. The first kappa shape index (κ1) is 13.0. The number of likely N-dealkylation sites (tertiary alicyclic amines) is 1. The van der Waals surface area contributed by atoms with Crippen molar-refractivity contribution in [2.75, 3.05) is 13.2 Å². The highest BCUT2D eigenvalue weighted by Gasteiger charge is 2.38. The summed E-state index contributed by atoms with van der Waals surface area (Å²) in [4.78, 5) is 25.2. The molecule has 1 saturated heterocycles. The van der Waals surface area contributed by atoms with Crippen molar-refractivity contribution >= 4 is 11.9 Å². The molecule has 2 atom stereocenters. The van der Waals surface area contributed by atoms with Crippen molar-refractivity contribution < 1.29 is 19.4 Å². The van der Waals surface area contributed by atoms with Crippen molar-refractivity contribution in [1.82, 2.24) is 4.90 Å². The van der Waals surface area contributed by atoms with Crippen LogP contribution >= 0.6 is 0 Å². The molecule has 1 amide bonds. The van der Waals surface area contributed by atoms with Crippen LogP contribution < -0.4 is 4.74 Å². The van der Waals surface area contributed by atoms with Crippen molar-refractivity contribution in [3.8, 4) is 5.75 Å². The summed E-state index contributed by atoms with van der Waals surface area (Å²) in [7, 11) is 0. The Hall–Kier alpha value is -2.04. The number of carbonyl (C=O) groups excluding carboxylic acids is 1. The molecule has 0 radical (unpaired) electrons. The molecule has 3 rings (SSSR count). The lowest BCUT2D eigenvalue weighted by Crippen LogP contribution is -2.46. The van der Waals surface area contributed by atoms with E-state index in [0.29, 0.717) is 26.0 Å². The molecule has 1 fully saturated rings. The number of hydrogen-bond donors (Lipinski definition) is 1. The maximum atomic E-state index is 12.5. The maximum Gasteiger partial charge on any atom is 0.326 e. The zero-order chi connectivity index (χ0) is 14.1. The Morgan fingerprint density at radius 2 is 2.10 bits per heavy atom. The highest BCUT2D eigenvalue weighted by atomic mass is 16.5. The summed E-state index contributed by atoms with van der Waals surface area (Å²) in [5, 5.41) is 9.16. The molecule has 1 aromatic rings. The van der Waals surface area contributed by atoms with Crippen LogP contribution in [0.25, 0.3) is 0 Å². The summed E-state index contributed by atoms with van der Waals surface area (Å²) in [6, 6.07) is 7.01. The lowest BCUT2D eigenvalue weighted by atomic mass is 9.95. The Kier molecular flexibility index (Phi) is 3.34. The second kappa shape index (κ2) is 5.15. The predicted octanol–water partition coefficient (Wildman–Crippen LogP) is 1.31. The van der Waals surface area contributed by atoms with Gasteiger partial charge >= 0.3 is 5.97 Å². The molecule has 0 bridgehead atoms. The Morgan fingerprint density at radius 1 is 1.30 bits per heavy atom. The van der Waals surface area contributed by atoms with Gasteiger partial charge < -0.3 is 14.7 Å². The van der Waals surface area contributed by atoms with E-state index in [2.05, 4.69) is 0 Å². The monoisotopic (exact) mass is 275 g/mol. The number of aliphatic carboxylic acids is 1. The third kappa shape index (κ3) is 2.24. The fraction of sp³-hybridized carbons (Fsp3) is 0.467. The van der Waals surface area contributed by atoms with Gasteiger partial charge in [0.1, 0.15) is 18.4 Å². The van der Waals surface area contributed by atoms with E-state index in [9.17, 15) is 9.59 Å². The Bertz CT molecular complexity index is 542. The quantitative estimate of drug-likeness (QED) is 0.883. The SMILES string of the molecule is O=C(O)C1CCCN1C(=O)C1COc2ccccc2C1. The fourth-order valence-electron chi connectivity index (χ4n) is 3.01. The van der Waals surface area contributed by atoms with E-state index in [1.807, 2.05) is 24.3 Å². The first-order valence-electron chi connectivity index (χ1n) is 6.91. The number of fused-ring (bicyclic) bond motifs is 1. The summed E-state index contributed by atoms with van der Waals surface area (Å²) < 4.78 is 5.62. The number of benzene rings is 1. The van der Waals surface area contributed by atoms with Gasteiger partial charge in [0.2, 0.25) is 5.91 Å². The highest BCUT2D eigenvalue weighted by Crippen LogP contribution is 2.29. The minimum atomic E-state index is -0.909. The summed E-state index contributed by atoms with van der Waals surface area (Å²) in [5.41, 5.74) is 1.02. The lowest BCUT2D eigenvalue weighted by Gasteiger charge is -2.30. The van der Waals surface area contributed by atoms with Crippen LogP contribution in [0.2, 0.25) is 0 Å². The van der Waals surface area contributed by atoms with Crippen LogP contribution in [0.4, 0.5) is 0 Å². The van der Waals surface area contributed by atoms with E-state index < -0.39 is 12.0 Å². The van der Waals surface area contributed by atoms with Crippen LogP contribution in [0, 0.1) is 5.92 Å². The first-order chi connectivity index (χ1) is 9.66. The topological polar surface area (TPSA) is 66.8 Å². The van der Waals surface area contributed by atoms with Gasteiger partial charge in [-0.3, -0.25) is 4.79 Å². The number of hydrogen-bond acceptors (Lipinski definition) is 3. The number of nitrogens with zero attached hydrogens (tertiary/aromatic N) is 1. The van der Waals surface area contributed by atoms with E-state index in [-0.39, 0.29) is 11.8 Å². The van der Waals surface area contributed by atoms with Gasteiger partial charge in [0, 0.05) is 6.54 Å². The molecule has 0 spiro atoms. The molecule has 0 saturated carbocycles. The average Bonchev–Trinajstić information content (AvgIpc) is 2.95. The van der Waals surface area contributed by atoms with E-state index in [0.717, 1.165) is 17.7 Å². The average molecular weight is 275 g/mol. The molecule has 5 heteroatoms. The second-order valence-electron chi connectivity index (χ2n) is 5.35. The molecule has 2 heterocycles. The fourth-order valence-corrected chi connectivity index (χ4v) is 3.01. The molecule has 2 aliphatic heterocycles. The zero-order valence-electron chi connectivity index (χ0n) is 11.1. The van der Waals surface area contributed by atoms with E-state index in [1.54, 1.807) is 0 Å². The molecule has 0 aromatic heterocycles. The van der Waals surface area contributed by atoms with Crippen molar-refractivity contribution in [3.05, 3.63) is 29.8 Å². The van der Waals surface area contributed by atoms with Gasteiger partial charge in [-0.15, -0.1) is 0 Å². The van der Waals surface area contributed by atoms with Crippen molar-refractivity contribution in [2.24, 2.45) is 5.92 Å². The van der Waals surface area contributed by atoms with Gasteiger partial charge in [0.15, 0.2) is 0 Å².